The number of ether oxygens (including phenoxy) is 1. The maximum atomic E-state index is 12.0. The number of carbonyl (C=O) groups is 2. The molecular weight excluding hydrogens is 282 g/mol. The molecule has 0 aliphatic carbocycles. The van der Waals surface area contributed by atoms with E-state index in [1.807, 2.05) is 30.3 Å². The van der Waals surface area contributed by atoms with Crippen LogP contribution in [-0.4, -0.2) is 23.6 Å². The van der Waals surface area contributed by atoms with Gasteiger partial charge in [-0.2, -0.15) is 0 Å². The first kappa shape index (κ1) is 15.5. The van der Waals surface area contributed by atoms with E-state index in [0.29, 0.717) is 11.3 Å². The number of aryl methyl sites for hydroxylation is 1. The molecule has 0 radical (unpaired) electrons. The van der Waals surface area contributed by atoms with Crippen LogP contribution in [0.25, 0.3) is 11.3 Å². The molecule has 2 rings (SSSR count). The van der Waals surface area contributed by atoms with Gasteiger partial charge in [-0.3, -0.25) is 15.2 Å². The summed E-state index contributed by atoms with van der Waals surface area (Å²) in [5, 5.41) is 0. The Kier molecular flexibility index (Phi) is 5.08. The second-order valence-electron chi connectivity index (χ2n) is 4.50. The van der Waals surface area contributed by atoms with E-state index in [1.165, 1.54) is 0 Å². The van der Waals surface area contributed by atoms with Crippen molar-refractivity contribution in [1.29, 1.82) is 0 Å². The van der Waals surface area contributed by atoms with Crippen molar-refractivity contribution in [3.05, 3.63) is 53.7 Å². The number of hydrogen-bond acceptors (Lipinski definition) is 4. The van der Waals surface area contributed by atoms with Gasteiger partial charge < -0.3 is 4.74 Å². The number of nitrogens with zero attached hydrogens (tertiary/aromatic N) is 1. The van der Waals surface area contributed by atoms with Gasteiger partial charge in [-0.1, -0.05) is 30.3 Å². The van der Waals surface area contributed by atoms with Gasteiger partial charge in [-0.25, -0.2) is 10.2 Å². The highest BCUT2D eigenvalue weighted by atomic mass is 16.5. The highest BCUT2D eigenvalue weighted by molar-refractivity contribution is 5.96. The number of carbonyl (C=O) groups excluding carboxylic acids is 2. The van der Waals surface area contributed by atoms with Crippen LogP contribution < -0.4 is 10.9 Å². The summed E-state index contributed by atoms with van der Waals surface area (Å²) in [7, 11) is 0. The van der Waals surface area contributed by atoms with E-state index in [-0.39, 0.29) is 6.61 Å². The van der Waals surface area contributed by atoms with Gasteiger partial charge in [0, 0.05) is 5.56 Å². The largest absolute Gasteiger partial charge is 0.449 e. The molecule has 0 saturated carbocycles. The molecule has 1 heterocycles. The normalized spacial score (nSPS) is 9.91. The fourth-order valence-corrected chi connectivity index (χ4v) is 1.91. The molecule has 2 N–H and O–H groups in total. The van der Waals surface area contributed by atoms with Crippen molar-refractivity contribution in [2.45, 2.75) is 13.8 Å². The van der Waals surface area contributed by atoms with Crippen molar-refractivity contribution in [2.75, 3.05) is 6.61 Å². The first-order valence-electron chi connectivity index (χ1n) is 6.88. The van der Waals surface area contributed by atoms with Gasteiger partial charge in [0.05, 0.1) is 23.6 Å². The summed E-state index contributed by atoms with van der Waals surface area (Å²) in [6.07, 6.45) is -0.706. The van der Waals surface area contributed by atoms with E-state index < -0.39 is 12.0 Å². The Morgan fingerprint density at radius 2 is 1.82 bits per heavy atom. The standard InChI is InChI=1S/C16H17N3O3/c1-3-22-16(21)19-18-15(20)13-9-10-14(17-11(13)2)12-7-5-4-6-8-12/h4-10H,3H2,1-2H3,(H,18,20)(H,19,21). The summed E-state index contributed by atoms with van der Waals surface area (Å²) < 4.78 is 4.65. The van der Waals surface area contributed by atoms with Crippen LogP contribution in [0.3, 0.4) is 0 Å². The lowest BCUT2D eigenvalue weighted by atomic mass is 10.1. The molecule has 1 aromatic carbocycles. The zero-order valence-corrected chi connectivity index (χ0v) is 12.4. The first-order chi connectivity index (χ1) is 10.6. The molecule has 0 spiro atoms. The zero-order valence-electron chi connectivity index (χ0n) is 12.4. The van der Waals surface area contributed by atoms with Crippen LogP contribution in [0.5, 0.6) is 0 Å². The van der Waals surface area contributed by atoms with E-state index in [4.69, 9.17) is 0 Å². The number of hydrazine groups is 1. The molecule has 6 nitrogen and oxygen atoms in total. The maximum Gasteiger partial charge on any atom is 0.426 e. The Bertz CT molecular complexity index is 672. The summed E-state index contributed by atoms with van der Waals surface area (Å²) >= 11 is 0. The Labute approximate surface area is 128 Å². The molecule has 2 amide bonds. The topological polar surface area (TPSA) is 80.3 Å². The molecule has 0 atom stereocenters. The highest BCUT2D eigenvalue weighted by Crippen LogP contribution is 2.18. The highest BCUT2D eigenvalue weighted by Gasteiger charge is 2.12. The van der Waals surface area contributed by atoms with E-state index in [0.717, 1.165) is 11.3 Å². The number of pyridine rings is 1. The first-order valence-corrected chi connectivity index (χ1v) is 6.88. The number of amides is 2. The molecule has 0 saturated heterocycles. The molecule has 2 aromatic rings. The van der Waals surface area contributed by atoms with Gasteiger partial charge in [-0.15, -0.1) is 0 Å². The summed E-state index contributed by atoms with van der Waals surface area (Å²) in [5.41, 5.74) is 7.17. The van der Waals surface area contributed by atoms with E-state index >= 15 is 0 Å². The average Bonchev–Trinajstić information content (AvgIpc) is 2.53. The number of hydrogen-bond donors (Lipinski definition) is 2. The predicted octanol–water partition coefficient (Wildman–Crippen LogP) is 2.45. The Balaban J connectivity index is 2.09. The van der Waals surface area contributed by atoms with Crippen molar-refractivity contribution in [3.8, 4) is 11.3 Å². The summed E-state index contributed by atoms with van der Waals surface area (Å²) in [6, 6.07) is 13.1. The van der Waals surface area contributed by atoms with Crippen LogP contribution in [0.1, 0.15) is 23.0 Å². The second kappa shape index (κ2) is 7.21. The number of aromatic nitrogens is 1. The summed E-state index contributed by atoms with van der Waals surface area (Å²) in [4.78, 5) is 27.6. The lowest BCUT2D eigenvalue weighted by molar-refractivity contribution is 0.0911. The van der Waals surface area contributed by atoms with Crippen LogP contribution in [0.2, 0.25) is 0 Å². The summed E-state index contributed by atoms with van der Waals surface area (Å²) in [6.45, 7) is 3.65. The van der Waals surface area contributed by atoms with Crippen LogP contribution in [0.15, 0.2) is 42.5 Å². The molecule has 114 valence electrons. The number of rotatable bonds is 3. The molecule has 0 aliphatic heterocycles. The molecule has 22 heavy (non-hydrogen) atoms. The van der Waals surface area contributed by atoms with Crippen LogP contribution >= 0.6 is 0 Å². The van der Waals surface area contributed by atoms with Gasteiger partial charge in [0.1, 0.15) is 0 Å². The van der Waals surface area contributed by atoms with Gasteiger partial charge >= 0.3 is 6.09 Å². The molecule has 1 aromatic heterocycles. The minimum absolute atomic E-state index is 0.230. The fourth-order valence-electron chi connectivity index (χ4n) is 1.91. The SMILES string of the molecule is CCOC(=O)NNC(=O)c1ccc(-c2ccccc2)nc1C. The molecule has 0 unspecified atom stereocenters. The van der Waals surface area contributed by atoms with Crippen LogP contribution in [-0.2, 0) is 4.74 Å². The van der Waals surface area contributed by atoms with Gasteiger partial charge in [0.15, 0.2) is 0 Å². The smallest absolute Gasteiger partial charge is 0.426 e. The number of benzene rings is 1. The third-order valence-corrected chi connectivity index (χ3v) is 2.95. The summed E-state index contributed by atoms with van der Waals surface area (Å²) in [5.74, 6) is -0.447. The van der Waals surface area contributed by atoms with Crippen molar-refractivity contribution in [1.82, 2.24) is 15.8 Å². The van der Waals surface area contributed by atoms with E-state index in [1.54, 1.807) is 26.0 Å². The van der Waals surface area contributed by atoms with E-state index in [2.05, 4.69) is 20.6 Å². The lowest BCUT2D eigenvalue weighted by Crippen LogP contribution is -2.42. The average molecular weight is 299 g/mol. The molecule has 0 bridgehead atoms. The monoisotopic (exact) mass is 299 g/mol. The minimum Gasteiger partial charge on any atom is -0.449 e. The fraction of sp³-hybridized carbons (Fsp3) is 0.188. The number of nitrogens with one attached hydrogen (secondary N) is 2. The van der Waals surface area contributed by atoms with E-state index in [9.17, 15) is 9.59 Å². The Hall–Kier alpha value is -2.89. The predicted molar refractivity (Wildman–Crippen MR) is 82.0 cm³/mol. The Morgan fingerprint density at radius 1 is 1.09 bits per heavy atom. The van der Waals surface area contributed by atoms with Gasteiger partial charge in [0.2, 0.25) is 0 Å². The molecule has 0 fully saturated rings. The third kappa shape index (κ3) is 3.82. The molecular formula is C16H17N3O3. The van der Waals surface area contributed by atoms with Crippen molar-refractivity contribution in [3.63, 3.8) is 0 Å². The Morgan fingerprint density at radius 3 is 2.45 bits per heavy atom. The van der Waals surface area contributed by atoms with Crippen molar-refractivity contribution in [2.24, 2.45) is 0 Å². The zero-order chi connectivity index (χ0) is 15.9. The van der Waals surface area contributed by atoms with Gasteiger partial charge in [-0.05, 0) is 26.0 Å². The second-order valence-corrected chi connectivity index (χ2v) is 4.50. The lowest BCUT2D eigenvalue weighted by Gasteiger charge is -2.10. The molecule has 6 heteroatoms. The minimum atomic E-state index is -0.706. The quantitative estimate of drug-likeness (QED) is 0.853. The maximum absolute atomic E-state index is 12.0. The van der Waals surface area contributed by atoms with Crippen molar-refractivity contribution >= 4 is 12.0 Å². The third-order valence-electron chi connectivity index (χ3n) is 2.95. The van der Waals surface area contributed by atoms with Crippen LogP contribution in [0, 0.1) is 6.92 Å². The van der Waals surface area contributed by atoms with Crippen LogP contribution in [0.4, 0.5) is 4.79 Å². The van der Waals surface area contributed by atoms with Crippen molar-refractivity contribution < 1.29 is 14.3 Å². The van der Waals surface area contributed by atoms with Gasteiger partial charge in [0.25, 0.3) is 5.91 Å². The molecule has 0 aliphatic rings.